The fourth-order valence-corrected chi connectivity index (χ4v) is 1.47. The number of nitro groups is 1. The Morgan fingerprint density at radius 3 is 2.43 bits per heavy atom. The van der Waals surface area contributed by atoms with Gasteiger partial charge in [0.1, 0.15) is 5.75 Å². The highest BCUT2D eigenvalue weighted by molar-refractivity contribution is 6.42. The molecule has 112 valence electrons. The Balaban J connectivity index is 3.02. The van der Waals surface area contributed by atoms with Crippen molar-refractivity contribution in [1.29, 1.82) is 0 Å². The molecule has 0 bridgehead atoms. The van der Waals surface area contributed by atoms with Crippen molar-refractivity contribution >= 4 is 11.7 Å². The number of carbonyl (C=O) groups excluding carboxylic acids is 1. The lowest BCUT2D eigenvalue weighted by Crippen LogP contribution is -2.24. The van der Waals surface area contributed by atoms with Crippen LogP contribution in [0.3, 0.4) is 0 Å². The topological polar surface area (TPSA) is 117 Å². The summed E-state index contributed by atoms with van der Waals surface area (Å²) in [6, 6.07) is 6.90. The van der Waals surface area contributed by atoms with E-state index >= 15 is 0 Å². The van der Waals surface area contributed by atoms with Gasteiger partial charge < -0.3 is 15.2 Å². The van der Waals surface area contributed by atoms with Crippen molar-refractivity contribution in [3.05, 3.63) is 51.8 Å². The first-order valence-corrected chi connectivity index (χ1v) is 5.85. The summed E-state index contributed by atoms with van der Waals surface area (Å²) < 4.78 is 9.49. The van der Waals surface area contributed by atoms with Crippen LogP contribution in [-0.4, -0.2) is 30.8 Å². The molecule has 0 atom stereocenters. The number of nitrogens with zero attached hydrogens (tertiary/aromatic N) is 2. The van der Waals surface area contributed by atoms with Gasteiger partial charge in [-0.25, -0.2) is 4.79 Å². The Bertz CT molecular complexity index is 578. The average Bonchev–Trinajstić information content (AvgIpc) is 2.50. The van der Waals surface area contributed by atoms with Crippen molar-refractivity contribution in [2.24, 2.45) is 10.7 Å². The highest BCUT2D eigenvalue weighted by Gasteiger charge is 2.26. The Morgan fingerprint density at radius 1 is 1.38 bits per heavy atom. The largest absolute Gasteiger partial charge is 0.497 e. The van der Waals surface area contributed by atoms with Gasteiger partial charge in [0.15, 0.2) is 0 Å². The van der Waals surface area contributed by atoms with E-state index in [2.05, 4.69) is 9.73 Å². The second-order valence-corrected chi connectivity index (χ2v) is 3.81. The average molecular weight is 293 g/mol. The molecule has 2 N–H and O–H groups in total. The number of aliphatic imine (C=N–C) groups is 1. The third-order valence-corrected chi connectivity index (χ3v) is 2.55. The predicted molar refractivity (Wildman–Crippen MR) is 75.4 cm³/mol. The van der Waals surface area contributed by atoms with Crippen LogP contribution in [0.4, 0.5) is 0 Å². The van der Waals surface area contributed by atoms with Gasteiger partial charge >= 0.3 is 11.7 Å². The molecular weight excluding hydrogens is 278 g/mol. The lowest BCUT2D eigenvalue weighted by molar-refractivity contribution is -0.415. The summed E-state index contributed by atoms with van der Waals surface area (Å²) in [5, 5.41) is 10.8. The number of ether oxygens (including phenoxy) is 2. The quantitative estimate of drug-likeness (QED) is 0.360. The first kappa shape index (κ1) is 16.2. The second-order valence-electron chi connectivity index (χ2n) is 3.81. The molecule has 0 unspecified atom stereocenters. The van der Waals surface area contributed by atoms with E-state index in [4.69, 9.17) is 10.5 Å². The molecular formula is C13H15N3O5. The number of esters is 1. The molecule has 8 heteroatoms. The monoisotopic (exact) mass is 293 g/mol. The number of benzene rings is 1. The molecule has 1 rings (SSSR count). The second kappa shape index (κ2) is 7.63. The van der Waals surface area contributed by atoms with Crippen LogP contribution in [0, 0.1) is 10.1 Å². The van der Waals surface area contributed by atoms with E-state index in [1.807, 2.05) is 0 Å². The molecule has 8 nitrogen and oxygen atoms in total. The van der Waals surface area contributed by atoms with Gasteiger partial charge in [-0.15, -0.1) is 0 Å². The summed E-state index contributed by atoms with van der Waals surface area (Å²) in [6.45, 7) is 0.0691. The Labute approximate surface area is 121 Å². The van der Waals surface area contributed by atoms with E-state index in [1.165, 1.54) is 7.11 Å². The third kappa shape index (κ3) is 4.30. The van der Waals surface area contributed by atoms with Gasteiger partial charge in [0.05, 0.1) is 31.9 Å². The van der Waals surface area contributed by atoms with Crippen LogP contribution in [0.15, 0.2) is 41.2 Å². The molecule has 0 radical (unpaired) electrons. The molecule has 0 saturated carbocycles. The lowest BCUT2D eigenvalue weighted by Gasteiger charge is -2.03. The normalized spacial score (nSPS) is 11.9. The number of carbonyl (C=O) groups is 1. The van der Waals surface area contributed by atoms with E-state index in [0.29, 0.717) is 11.9 Å². The molecule has 1 aromatic rings. The van der Waals surface area contributed by atoms with E-state index in [9.17, 15) is 14.9 Å². The summed E-state index contributed by atoms with van der Waals surface area (Å²) in [4.78, 5) is 25.5. The first-order valence-electron chi connectivity index (χ1n) is 5.85. The zero-order chi connectivity index (χ0) is 15.8. The summed E-state index contributed by atoms with van der Waals surface area (Å²) in [5.41, 5.74) is 4.88. The standard InChI is InChI=1S/C13H15N3O5/c1-20-10-5-3-9(4-6-10)8-15-12(13(17)21-2)11(7-14)16(18)19/h3-7H,8,14H2,1-2H3. The summed E-state index contributed by atoms with van der Waals surface area (Å²) in [5.74, 6) is -0.249. The number of nitrogens with two attached hydrogens (primary N) is 1. The number of methoxy groups -OCH3 is 2. The molecule has 0 fully saturated rings. The van der Waals surface area contributed by atoms with Crippen LogP contribution in [0.2, 0.25) is 0 Å². The molecule has 0 aliphatic rings. The van der Waals surface area contributed by atoms with E-state index in [0.717, 1.165) is 12.7 Å². The van der Waals surface area contributed by atoms with E-state index in [1.54, 1.807) is 24.3 Å². The predicted octanol–water partition coefficient (Wildman–Crippen LogP) is 0.886. The van der Waals surface area contributed by atoms with Crippen LogP contribution in [0.1, 0.15) is 5.56 Å². The molecule has 0 aliphatic heterocycles. The SMILES string of the molecule is COC(=O)C(=NCc1ccc(OC)cc1)C(=CN)[N+](=O)[O-]. The zero-order valence-electron chi connectivity index (χ0n) is 11.6. The fraction of sp³-hybridized carbons (Fsp3) is 0.231. The van der Waals surface area contributed by atoms with Gasteiger partial charge in [-0.05, 0) is 17.7 Å². The molecule has 0 saturated heterocycles. The maximum absolute atomic E-state index is 11.6. The van der Waals surface area contributed by atoms with Gasteiger partial charge in [-0.3, -0.25) is 15.1 Å². The lowest BCUT2D eigenvalue weighted by atomic mass is 10.2. The molecule has 0 spiro atoms. The minimum absolute atomic E-state index is 0.0691. The van der Waals surface area contributed by atoms with Crippen molar-refractivity contribution in [3.63, 3.8) is 0 Å². The molecule has 0 aliphatic carbocycles. The molecule has 0 aromatic heterocycles. The van der Waals surface area contributed by atoms with Crippen molar-refractivity contribution in [3.8, 4) is 5.75 Å². The highest BCUT2D eigenvalue weighted by atomic mass is 16.6. The van der Waals surface area contributed by atoms with Crippen molar-refractivity contribution in [1.82, 2.24) is 0 Å². The maximum atomic E-state index is 11.6. The molecule has 1 aromatic carbocycles. The minimum atomic E-state index is -0.920. The summed E-state index contributed by atoms with van der Waals surface area (Å²) in [7, 11) is 2.65. The zero-order valence-corrected chi connectivity index (χ0v) is 11.6. The first-order chi connectivity index (χ1) is 10.0. The maximum Gasteiger partial charge on any atom is 0.363 e. The van der Waals surface area contributed by atoms with Crippen LogP contribution < -0.4 is 10.5 Å². The van der Waals surface area contributed by atoms with Gasteiger partial charge in [0, 0.05) is 0 Å². The summed E-state index contributed by atoms with van der Waals surface area (Å²) >= 11 is 0. The van der Waals surface area contributed by atoms with Gasteiger partial charge in [-0.1, -0.05) is 12.1 Å². The van der Waals surface area contributed by atoms with Crippen LogP contribution in [0.5, 0.6) is 5.75 Å². The number of rotatable bonds is 6. The van der Waals surface area contributed by atoms with Gasteiger partial charge in [0.25, 0.3) is 0 Å². The van der Waals surface area contributed by atoms with Crippen LogP contribution in [-0.2, 0) is 16.1 Å². The fourth-order valence-electron chi connectivity index (χ4n) is 1.47. The minimum Gasteiger partial charge on any atom is -0.497 e. The van der Waals surface area contributed by atoms with E-state index < -0.39 is 22.3 Å². The Hall–Kier alpha value is -2.90. The highest BCUT2D eigenvalue weighted by Crippen LogP contribution is 2.12. The number of hydrogen-bond donors (Lipinski definition) is 1. The smallest absolute Gasteiger partial charge is 0.363 e. The molecule has 0 amide bonds. The molecule has 21 heavy (non-hydrogen) atoms. The summed E-state index contributed by atoms with van der Waals surface area (Å²) in [6.07, 6.45) is 0.712. The Kier molecular flexibility index (Phi) is 5.87. The van der Waals surface area contributed by atoms with Crippen LogP contribution >= 0.6 is 0 Å². The number of hydrogen-bond acceptors (Lipinski definition) is 7. The van der Waals surface area contributed by atoms with Crippen molar-refractivity contribution < 1.29 is 19.2 Å². The van der Waals surface area contributed by atoms with Crippen LogP contribution in [0.25, 0.3) is 0 Å². The van der Waals surface area contributed by atoms with Gasteiger partial charge in [0.2, 0.25) is 5.71 Å². The van der Waals surface area contributed by atoms with Crippen molar-refractivity contribution in [2.45, 2.75) is 6.54 Å². The molecule has 0 heterocycles. The van der Waals surface area contributed by atoms with Gasteiger partial charge in [-0.2, -0.15) is 0 Å². The van der Waals surface area contributed by atoms with E-state index in [-0.39, 0.29) is 6.54 Å². The third-order valence-electron chi connectivity index (χ3n) is 2.55. The van der Waals surface area contributed by atoms with Crippen molar-refractivity contribution in [2.75, 3.05) is 14.2 Å². The Morgan fingerprint density at radius 2 is 2.00 bits per heavy atom.